The number of primary amides is 1. The Kier molecular flexibility index (Phi) is 7.67. The van der Waals surface area contributed by atoms with Crippen molar-refractivity contribution in [2.24, 2.45) is 11.7 Å². The van der Waals surface area contributed by atoms with Gasteiger partial charge in [-0.3, -0.25) is 4.79 Å². The number of carbonyl (C=O) groups is 1. The Morgan fingerprint density at radius 2 is 1.90 bits per heavy atom. The quantitative estimate of drug-likeness (QED) is 0.643. The van der Waals surface area contributed by atoms with Gasteiger partial charge in [-0.15, -0.1) is 0 Å². The molecular weight excluding hydrogens is 264 g/mol. The van der Waals surface area contributed by atoms with Crippen molar-refractivity contribution in [3.8, 4) is 0 Å². The molecule has 0 radical (unpaired) electrons. The van der Waals surface area contributed by atoms with Crippen LogP contribution in [-0.4, -0.2) is 30.2 Å². The Balaban J connectivity index is 2.18. The van der Waals surface area contributed by atoms with Crippen molar-refractivity contribution in [3.63, 3.8) is 0 Å². The molecule has 0 spiro atoms. The fraction of sp³-hybridized carbons (Fsp3) is 0.941. The molecule has 0 aliphatic heterocycles. The molecule has 3 N–H and O–H groups in total. The molecule has 1 aliphatic rings. The molecule has 21 heavy (non-hydrogen) atoms. The van der Waals surface area contributed by atoms with Crippen LogP contribution in [0, 0.1) is 5.92 Å². The highest BCUT2D eigenvalue weighted by Crippen LogP contribution is 2.25. The summed E-state index contributed by atoms with van der Waals surface area (Å²) in [5, 5.41) is 3.29. The first-order chi connectivity index (χ1) is 9.83. The van der Waals surface area contributed by atoms with Gasteiger partial charge < -0.3 is 15.8 Å². The Bertz CT molecular complexity index is 312. The van der Waals surface area contributed by atoms with Crippen LogP contribution in [0.3, 0.4) is 0 Å². The lowest BCUT2D eigenvalue weighted by atomic mass is 9.89. The van der Waals surface area contributed by atoms with Crippen molar-refractivity contribution in [1.29, 1.82) is 0 Å². The van der Waals surface area contributed by atoms with Crippen LogP contribution in [0.15, 0.2) is 0 Å². The normalized spacial score (nSPS) is 25.8. The third kappa shape index (κ3) is 6.79. The average Bonchev–Trinajstić information content (AvgIpc) is 2.39. The predicted molar refractivity (Wildman–Crippen MR) is 87.1 cm³/mol. The summed E-state index contributed by atoms with van der Waals surface area (Å²) >= 11 is 0. The first-order valence-electron chi connectivity index (χ1n) is 8.52. The first kappa shape index (κ1) is 18.4. The van der Waals surface area contributed by atoms with E-state index in [0.717, 1.165) is 31.8 Å². The lowest BCUT2D eigenvalue weighted by molar-refractivity contribution is -0.124. The Morgan fingerprint density at radius 3 is 2.43 bits per heavy atom. The minimum atomic E-state index is -0.603. The van der Waals surface area contributed by atoms with Crippen molar-refractivity contribution in [2.45, 2.75) is 90.3 Å². The number of nitrogens with one attached hydrogen (secondary N) is 1. The van der Waals surface area contributed by atoms with Gasteiger partial charge in [-0.05, 0) is 71.6 Å². The molecule has 1 aliphatic carbocycles. The second kappa shape index (κ2) is 8.74. The van der Waals surface area contributed by atoms with Crippen LogP contribution in [0.5, 0.6) is 0 Å². The summed E-state index contributed by atoms with van der Waals surface area (Å²) < 4.78 is 5.95. The van der Waals surface area contributed by atoms with Crippen LogP contribution in [0.2, 0.25) is 0 Å². The van der Waals surface area contributed by atoms with E-state index in [2.05, 4.69) is 12.2 Å². The molecule has 1 amide bonds. The van der Waals surface area contributed by atoms with Crippen LogP contribution in [0.1, 0.15) is 72.6 Å². The second-order valence-corrected chi connectivity index (χ2v) is 7.21. The maximum atomic E-state index is 11.6. The fourth-order valence-corrected chi connectivity index (χ4v) is 3.13. The molecule has 1 atom stereocenters. The minimum absolute atomic E-state index is 0.253. The van der Waals surface area contributed by atoms with Crippen molar-refractivity contribution in [1.82, 2.24) is 5.32 Å². The summed E-state index contributed by atoms with van der Waals surface area (Å²) in [6.45, 7) is 9.10. The highest BCUT2D eigenvalue weighted by atomic mass is 16.5. The number of amides is 1. The standard InChI is InChI=1S/C17H34N2O2/c1-13(2)19-17(4,16(18)20)11-5-6-12-21-15-9-7-14(3)8-10-15/h13-15,19H,5-12H2,1-4H3,(H2,18,20). The Hall–Kier alpha value is -0.610. The topological polar surface area (TPSA) is 64.3 Å². The summed E-state index contributed by atoms with van der Waals surface area (Å²) in [6, 6.07) is 0.253. The van der Waals surface area contributed by atoms with E-state index in [1.807, 2.05) is 20.8 Å². The van der Waals surface area contributed by atoms with Crippen molar-refractivity contribution in [2.75, 3.05) is 6.61 Å². The molecule has 1 rings (SSSR count). The van der Waals surface area contributed by atoms with Crippen LogP contribution >= 0.6 is 0 Å². The van der Waals surface area contributed by atoms with Gasteiger partial charge in [0.2, 0.25) is 5.91 Å². The smallest absolute Gasteiger partial charge is 0.237 e. The van der Waals surface area contributed by atoms with E-state index in [1.54, 1.807) is 0 Å². The molecule has 1 saturated carbocycles. The van der Waals surface area contributed by atoms with Gasteiger partial charge in [0.15, 0.2) is 0 Å². The SMILES string of the molecule is CC1CCC(OCCCCC(C)(NC(C)C)C(N)=O)CC1. The molecule has 0 aromatic rings. The van der Waals surface area contributed by atoms with E-state index in [1.165, 1.54) is 25.7 Å². The van der Waals surface area contributed by atoms with Crippen LogP contribution in [-0.2, 0) is 9.53 Å². The van der Waals surface area contributed by atoms with Crippen molar-refractivity contribution in [3.05, 3.63) is 0 Å². The van der Waals surface area contributed by atoms with Gasteiger partial charge in [0.25, 0.3) is 0 Å². The van der Waals surface area contributed by atoms with Gasteiger partial charge in [0, 0.05) is 12.6 Å². The highest BCUT2D eigenvalue weighted by molar-refractivity contribution is 5.84. The fourth-order valence-electron chi connectivity index (χ4n) is 3.13. The predicted octanol–water partition coefficient (Wildman–Crippen LogP) is 2.99. The Morgan fingerprint density at radius 1 is 1.29 bits per heavy atom. The maximum absolute atomic E-state index is 11.6. The first-order valence-corrected chi connectivity index (χ1v) is 8.52. The van der Waals surface area contributed by atoms with Gasteiger partial charge in [0.05, 0.1) is 11.6 Å². The molecule has 124 valence electrons. The molecule has 0 heterocycles. The second-order valence-electron chi connectivity index (χ2n) is 7.21. The van der Waals surface area contributed by atoms with Crippen LogP contribution < -0.4 is 11.1 Å². The van der Waals surface area contributed by atoms with Crippen molar-refractivity contribution >= 4 is 5.91 Å². The number of unbranched alkanes of at least 4 members (excludes halogenated alkanes) is 1. The monoisotopic (exact) mass is 298 g/mol. The van der Waals surface area contributed by atoms with E-state index in [9.17, 15) is 4.79 Å². The van der Waals surface area contributed by atoms with E-state index in [0.29, 0.717) is 6.10 Å². The van der Waals surface area contributed by atoms with E-state index in [4.69, 9.17) is 10.5 Å². The summed E-state index contributed by atoms with van der Waals surface area (Å²) in [5.41, 5.74) is 4.93. The molecule has 0 saturated heterocycles. The third-order valence-electron chi connectivity index (χ3n) is 4.54. The van der Waals surface area contributed by atoms with Gasteiger partial charge in [-0.25, -0.2) is 0 Å². The van der Waals surface area contributed by atoms with Gasteiger partial charge in [0.1, 0.15) is 0 Å². The minimum Gasteiger partial charge on any atom is -0.378 e. The number of hydrogen-bond donors (Lipinski definition) is 2. The summed E-state index contributed by atoms with van der Waals surface area (Å²) in [5.74, 6) is 0.599. The molecule has 4 heteroatoms. The van der Waals surface area contributed by atoms with Crippen LogP contribution in [0.25, 0.3) is 0 Å². The number of carbonyl (C=O) groups excluding carboxylic acids is 1. The summed E-state index contributed by atoms with van der Waals surface area (Å²) in [4.78, 5) is 11.6. The Labute approximate surface area is 130 Å². The lowest BCUT2D eigenvalue weighted by Gasteiger charge is -2.30. The number of rotatable bonds is 9. The number of nitrogens with two attached hydrogens (primary N) is 1. The molecular formula is C17H34N2O2. The third-order valence-corrected chi connectivity index (χ3v) is 4.54. The summed E-state index contributed by atoms with van der Waals surface area (Å²) in [7, 11) is 0. The zero-order valence-corrected chi connectivity index (χ0v) is 14.3. The highest BCUT2D eigenvalue weighted by Gasteiger charge is 2.30. The number of ether oxygens (including phenoxy) is 1. The molecule has 0 bridgehead atoms. The molecule has 4 nitrogen and oxygen atoms in total. The molecule has 0 aromatic heterocycles. The largest absolute Gasteiger partial charge is 0.378 e. The van der Waals surface area contributed by atoms with E-state index < -0.39 is 5.54 Å². The van der Waals surface area contributed by atoms with Gasteiger partial charge in [-0.2, -0.15) is 0 Å². The van der Waals surface area contributed by atoms with Gasteiger partial charge in [-0.1, -0.05) is 6.92 Å². The lowest BCUT2D eigenvalue weighted by Crippen LogP contribution is -2.55. The molecule has 1 unspecified atom stereocenters. The van der Waals surface area contributed by atoms with Gasteiger partial charge >= 0.3 is 0 Å². The van der Waals surface area contributed by atoms with E-state index >= 15 is 0 Å². The molecule has 1 fully saturated rings. The molecule has 0 aromatic carbocycles. The maximum Gasteiger partial charge on any atom is 0.237 e. The van der Waals surface area contributed by atoms with E-state index in [-0.39, 0.29) is 11.9 Å². The van der Waals surface area contributed by atoms with Crippen LogP contribution in [0.4, 0.5) is 0 Å². The summed E-state index contributed by atoms with van der Waals surface area (Å²) in [6.07, 6.45) is 8.18. The average molecular weight is 298 g/mol. The van der Waals surface area contributed by atoms with Crippen molar-refractivity contribution < 1.29 is 9.53 Å². The zero-order valence-electron chi connectivity index (χ0n) is 14.3. The zero-order chi connectivity index (χ0) is 15.9. The number of hydrogen-bond acceptors (Lipinski definition) is 3.